The molecule has 0 fully saturated rings. The van der Waals surface area contributed by atoms with E-state index in [2.05, 4.69) is 283 Å². The molecule has 12 rings (SSSR count). The van der Waals surface area contributed by atoms with E-state index < -0.39 is 12.3 Å². The number of aromatic amines is 2. The summed E-state index contributed by atoms with van der Waals surface area (Å²) in [6, 6.07) is 102. The second-order valence-electron chi connectivity index (χ2n) is 20.5. The zero-order chi connectivity index (χ0) is 61.8. The van der Waals surface area contributed by atoms with Crippen LogP contribution in [0.3, 0.4) is 0 Å². The summed E-state index contributed by atoms with van der Waals surface area (Å²) in [7, 11) is 0. The second-order valence-corrected chi connectivity index (χ2v) is 20.5. The molecule has 0 saturated heterocycles. The van der Waals surface area contributed by atoms with Crippen molar-refractivity contribution in [1.29, 1.82) is 10.5 Å². The normalized spacial score (nSPS) is 10.4. The van der Waals surface area contributed by atoms with Gasteiger partial charge in [0.25, 0.3) is 0 Å². The first-order chi connectivity index (χ1) is 43.4. The Balaban J connectivity index is 0.000000186. The van der Waals surface area contributed by atoms with Gasteiger partial charge < -0.3 is 9.97 Å². The van der Waals surface area contributed by atoms with Crippen LogP contribution in [0.2, 0.25) is 0 Å². The molecule has 0 aliphatic rings. The summed E-state index contributed by atoms with van der Waals surface area (Å²) in [5.41, 5.74) is 14.6. The van der Waals surface area contributed by atoms with Crippen molar-refractivity contribution in [2.45, 2.75) is 40.5 Å². The van der Waals surface area contributed by atoms with Crippen LogP contribution in [0.4, 0.5) is 0 Å². The van der Waals surface area contributed by atoms with Crippen LogP contribution in [0.5, 0.6) is 0 Å². The van der Waals surface area contributed by atoms with Crippen LogP contribution < -0.4 is 43.7 Å². The van der Waals surface area contributed by atoms with Crippen molar-refractivity contribution in [3.8, 4) is 12.1 Å². The first-order valence-electron chi connectivity index (χ1n) is 29.6. The summed E-state index contributed by atoms with van der Waals surface area (Å²) in [6.45, 7) is 8.18. The maximum atomic E-state index is 7.32. The van der Waals surface area contributed by atoms with Gasteiger partial charge >= 0.3 is 17.1 Å². The monoisotopic (exact) mass is 1200 g/mol. The van der Waals surface area contributed by atoms with Gasteiger partial charge in [0.05, 0.1) is 23.5 Å². The van der Waals surface area contributed by atoms with Crippen LogP contribution in [0.15, 0.2) is 314 Å². The van der Waals surface area contributed by atoms with E-state index in [-0.39, 0.29) is 17.1 Å². The molecule has 0 aliphatic heterocycles. The standard InChI is InChI=1S/2C24H20B.2C12H14N4.2C2H3N.Fe/c2*1-5-13-21(14-6-1)25(22-15-7-2-8-16-22,23-17-9-3-10-18-23)24-19-11-4-12-20-24;2*1-10-15-9-12(16-10)8-13-7-5-11-4-2-3-6-14-11;2*1-2-3;/h2*1-20H;2*2-4,6,8-9H,5,7H2,1H3,(H,15,16);2*1H3;/q2*-1;;;;;+2. The van der Waals surface area contributed by atoms with Gasteiger partial charge in [-0.1, -0.05) is 255 Å². The minimum absolute atomic E-state index is 0. The number of hydrogen-bond acceptors (Lipinski definition) is 8. The summed E-state index contributed by atoms with van der Waals surface area (Å²) < 4.78 is 0. The molecule has 0 saturated carbocycles. The summed E-state index contributed by atoms with van der Waals surface area (Å²) in [4.78, 5) is 31.6. The fourth-order valence-corrected chi connectivity index (χ4v) is 11.0. The molecule has 0 aliphatic carbocycles. The number of rotatable bonds is 16. The number of nitriles is 2. The zero-order valence-electron chi connectivity index (χ0n) is 50.9. The molecule has 4 aromatic heterocycles. The predicted molar refractivity (Wildman–Crippen MR) is 370 cm³/mol. The fourth-order valence-electron chi connectivity index (χ4n) is 11.0. The Bertz CT molecular complexity index is 3370. The average Bonchev–Trinajstić information content (AvgIpc) is 1.17. The van der Waals surface area contributed by atoms with Crippen LogP contribution >= 0.6 is 0 Å². The van der Waals surface area contributed by atoms with Gasteiger partial charge in [-0.25, -0.2) is 9.97 Å². The first-order valence-corrected chi connectivity index (χ1v) is 29.6. The maximum Gasteiger partial charge on any atom is 2.00 e. The zero-order valence-corrected chi connectivity index (χ0v) is 52.0. The summed E-state index contributed by atoms with van der Waals surface area (Å²) >= 11 is 0. The molecule has 12 aromatic rings. The number of aliphatic imine (C=N–C) groups is 2. The second kappa shape index (κ2) is 37.8. The largest absolute Gasteiger partial charge is 2.00 e. The number of hydrogen-bond donors (Lipinski definition) is 2. The van der Waals surface area contributed by atoms with Crippen LogP contribution in [0.25, 0.3) is 0 Å². The number of aryl methyl sites for hydroxylation is 2. The van der Waals surface area contributed by atoms with Crippen molar-refractivity contribution in [3.05, 3.63) is 338 Å². The number of imidazole rings is 2. The van der Waals surface area contributed by atoms with Crippen molar-refractivity contribution in [2.75, 3.05) is 13.1 Å². The van der Waals surface area contributed by atoms with Gasteiger partial charge in [-0.05, 0) is 38.1 Å². The topological polar surface area (TPSA) is 155 Å². The third-order valence-corrected chi connectivity index (χ3v) is 14.7. The third kappa shape index (κ3) is 19.7. The molecule has 0 amide bonds. The van der Waals surface area contributed by atoms with Gasteiger partial charge in [0.2, 0.25) is 0 Å². The van der Waals surface area contributed by atoms with Gasteiger partial charge in [-0.3, -0.25) is 20.0 Å². The van der Waals surface area contributed by atoms with Gasteiger partial charge in [-0.15, -0.1) is 0 Å². The minimum atomic E-state index is -1.22. The molecule has 10 nitrogen and oxygen atoms in total. The van der Waals surface area contributed by atoms with Gasteiger partial charge in [0, 0.05) is 88.4 Å². The quantitative estimate of drug-likeness (QED) is 0.0725. The van der Waals surface area contributed by atoms with E-state index >= 15 is 0 Å². The Kier molecular flexibility index (Phi) is 28.7. The Labute approximate surface area is 536 Å². The van der Waals surface area contributed by atoms with Gasteiger partial charge in [-0.2, -0.15) is 54.2 Å². The Morgan fingerprint density at radius 3 is 0.753 bits per heavy atom. The molecular weight excluding hydrogens is 1130 g/mol. The van der Waals surface area contributed by atoms with Crippen molar-refractivity contribution in [3.63, 3.8) is 0 Å². The number of aromatic nitrogens is 6. The summed E-state index contributed by atoms with van der Waals surface area (Å²) in [5.74, 6) is 1.82. The Hall–Kier alpha value is -10.6. The van der Waals surface area contributed by atoms with Crippen LogP contribution in [-0.2, 0) is 29.9 Å². The predicted octanol–water partition coefficient (Wildman–Crippen LogP) is 10.7. The van der Waals surface area contributed by atoms with Crippen LogP contribution in [0, 0.1) is 36.5 Å². The van der Waals surface area contributed by atoms with E-state index in [4.69, 9.17) is 10.5 Å². The minimum Gasteiger partial charge on any atom is -0.348 e. The van der Waals surface area contributed by atoms with Crippen molar-refractivity contribution in [1.82, 2.24) is 29.9 Å². The van der Waals surface area contributed by atoms with E-state index in [1.165, 1.54) is 57.5 Å². The number of pyridine rings is 2. The molecule has 2 N–H and O–H groups in total. The maximum absolute atomic E-state index is 7.32. The molecule has 13 heteroatoms. The fraction of sp³-hybridized carbons (Fsp3) is 0.105. The molecule has 0 bridgehead atoms. The smallest absolute Gasteiger partial charge is 0.348 e. The van der Waals surface area contributed by atoms with Crippen LogP contribution in [0.1, 0.15) is 48.3 Å². The molecule has 0 atom stereocenters. The first kappa shape index (κ1) is 67.6. The molecule has 8 aromatic carbocycles. The van der Waals surface area contributed by atoms with E-state index in [9.17, 15) is 0 Å². The summed E-state index contributed by atoms with van der Waals surface area (Å²) in [5, 5.41) is 14.6. The number of nitrogens with one attached hydrogen (secondary N) is 2. The molecule has 4 heterocycles. The van der Waals surface area contributed by atoms with Crippen LogP contribution in [-0.4, -0.2) is 67.7 Å². The third-order valence-electron chi connectivity index (χ3n) is 14.7. The molecular formula is C76H74B2FeN10. The molecule has 0 radical (unpaired) electrons. The van der Waals surface area contributed by atoms with E-state index in [1.807, 2.05) is 62.6 Å². The summed E-state index contributed by atoms with van der Waals surface area (Å²) in [6.07, 6.45) is 10.2. The molecule has 0 spiro atoms. The Morgan fingerprint density at radius 1 is 0.360 bits per heavy atom. The van der Waals surface area contributed by atoms with Crippen molar-refractivity contribution in [2.24, 2.45) is 9.98 Å². The molecule has 0 unspecified atom stereocenters. The van der Waals surface area contributed by atoms with Crippen molar-refractivity contribution >= 4 is 68.4 Å². The molecule has 442 valence electrons. The number of benzene rings is 8. The average molecular weight is 1200 g/mol. The van der Waals surface area contributed by atoms with Gasteiger partial charge in [0.1, 0.15) is 23.9 Å². The number of nitrogens with zero attached hydrogens (tertiary/aromatic N) is 8. The van der Waals surface area contributed by atoms with E-state index in [0.29, 0.717) is 0 Å². The number of H-pyrrole nitrogens is 2. The molecule has 89 heavy (non-hydrogen) atoms. The SMILES string of the molecule is CC#N.CC#N.Cc1nc(C=NCCc2ccccn2)c[nH]1.Cc1nc(C=NCCc2ccccn2)c[nH]1.[Fe+2].c1ccc([B-](c2ccccc2)(c2ccccc2)c2ccccc2)cc1.c1ccc([B-](c2ccccc2)(c2ccccc2)c2ccccc2)cc1. The van der Waals surface area contributed by atoms with Crippen molar-refractivity contribution < 1.29 is 17.1 Å². The van der Waals surface area contributed by atoms with Gasteiger partial charge in [0.15, 0.2) is 0 Å². The van der Waals surface area contributed by atoms with E-state index in [1.54, 1.807) is 37.0 Å². The Morgan fingerprint density at radius 2 is 0.573 bits per heavy atom. The van der Waals surface area contributed by atoms with E-state index in [0.717, 1.165) is 60.4 Å².